The molecule has 0 saturated heterocycles. The minimum atomic E-state index is -0.188. The van der Waals surface area contributed by atoms with Gasteiger partial charge in [0.2, 0.25) is 0 Å². The molecule has 0 unspecified atom stereocenters. The van der Waals surface area contributed by atoms with Gasteiger partial charge in [0, 0.05) is 62.4 Å². The molecule has 0 aliphatic heterocycles. The van der Waals surface area contributed by atoms with Gasteiger partial charge in [-0.3, -0.25) is 29.5 Å². The van der Waals surface area contributed by atoms with E-state index in [1.54, 1.807) is 51.3 Å². The van der Waals surface area contributed by atoms with Crippen molar-refractivity contribution in [3.63, 3.8) is 0 Å². The van der Waals surface area contributed by atoms with Crippen LogP contribution in [-0.4, -0.2) is 48.3 Å². The minimum Gasteiger partial charge on any atom is -0.355 e. The predicted molar refractivity (Wildman–Crippen MR) is 183 cm³/mol. The largest absolute Gasteiger partial charge is 0.355 e. The number of carbonyl (C=O) groups is 2. The molecule has 8 heteroatoms. The van der Waals surface area contributed by atoms with Crippen LogP contribution in [0.15, 0.2) is 71.2 Å². The van der Waals surface area contributed by atoms with Crippen molar-refractivity contribution in [2.24, 2.45) is 9.98 Å². The lowest BCUT2D eigenvalue weighted by Gasteiger charge is -2.16. The van der Waals surface area contributed by atoms with Gasteiger partial charge in [0.25, 0.3) is 11.8 Å². The molecule has 0 bridgehead atoms. The van der Waals surface area contributed by atoms with E-state index < -0.39 is 0 Å². The van der Waals surface area contributed by atoms with Gasteiger partial charge in [0.15, 0.2) is 0 Å². The van der Waals surface area contributed by atoms with Crippen molar-refractivity contribution in [1.82, 2.24) is 20.6 Å². The van der Waals surface area contributed by atoms with Crippen LogP contribution in [0.3, 0.4) is 0 Å². The highest BCUT2D eigenvalue weighted by atomic mass is 16.2. The highest BCUT2D eigenvalue weighted by Crippen LogP contribution is 2.32. The average molecular weight is 603 g/mol. The molecule has 2 aromatic heterocycles. The summed E-state index contributed by atoms with van der Waals surface area (Å²) in [4.78, 5) is 42.7. The molecule has 2 amide bonds. The Hall–Kier alpha value is -4.98. The second kappa shape index (κ2) is 15.7. The Morgan fingerprint density at radius 2 is 1.00 bits per heavy atom. The lowest BCUT2D eigenvalue weighted by atomic mass is 9.92. The van der Waals surface area contributed by atoms with E-state index >= 15 is 0 Å². The zero-order valence-electron chi connectivity index (χ0n) is 27.1. The number of hydrogen-bond acceptors (Lipinski definition) is 6. The van der Waals surface area contributed by atoms with Gasteiger partial charge in [-0.2, -0.15) is 0 Å². The standard InChI is InChI=1S/C37H42N6O2/c1-7-26-16-24(17-27(8-2)34(26)42-20-30-11-13-40-22-32(30)36(44)38-5)15-25-18-28(9-3)35(29(10-4)19-25)43-21-31-12-14-41-23-33(31)37(45)39-6/h11-14,16-23H,7-10,15H2,1-6H3,(H,38,44)(H,39,45). The van der Waals surface area contributed by atoms with Gasteiger partial charge in [-0.1, -0.05) is 52.0 Å². The summed E-state index contributed by atoms with van der Waals surface area (Å²) in [5.41, 5.74) is 11.6. The monoisotopic (exact) mass is 602 g/mol. The maximum Gasteiger partial charge on any atom is 0.253 e. The molecule has 0 aliphatic rings. The molecule has 0 spiro atoms. The number of nitrogens with one attached hydrogen (secondary N) is 2. The SMILES string of the molecule is CCc1cc(Cc2cc(CC)c(N=Cc3ccncc3C(=O)NC)c(CC)c2)cc(CC)c1N=Cc1ccncc1C(=O)NC. The second-order valence-corrected chi connectivity index (χ2v) is 10.7. The van der Waals surface area contributed by atoms with E-state index in [1.165, 1.54) is 33.4 Å². The van der Waals surface area contributed by atoms with E-state index in [-0.39, 0.29) is 11.8 Å². The normalized spacial score (nSPS) is 11.3. The average Bonchev–Trinajstić information content (AvgIpc) is 3.09. The first kappa shape index (κ1) is 32.9. The molecular formula is C37H42N6O2. The summed E-state index contributed by atoms with van der Waals surface area (Å²) in [5.74, 6) is -0.376. The van der Waals surface area contributed by atoms with E-state index in [1.807, 2.05) is 12.1 Å². The van der Waals surface area contributed by atoms with Gasteiger partial charge in [-0.05, 0) is 77.6 Å². The summed E-state index contributed by atoms with van der Waals surface area (Å²) in [6.07, 6.45) is 14.2. The Labute approximate surface area is 266 Å². The third kappa shape index (κ3) is 7.76. The maximum absolute atomic E-state index is 12.3. The Morgan fingerprint density at radius 1 is 0.644 bits per heavy atom. The molecule has 232 valence electrons. The van der Waals surface area contributed by atoms with Crippen LogP contribution < -0.4 is 10.6 Å². The van der Waals surface area contributed by atoms with Crippen molar-refractivity contribution in [1.29, 1.82) is 0 Å². The van der Waals surface area contributed by atoms with Crippen molar-refractivity contribution in [3.8, 4) is 0 Å². The van der Waals surface area contributed by atoms with E-state index in [2.05, 4.69) is 72.6 Å². The van der Waals surface area contributed by atoms with Crippen molar-refractivity contribution in [2.45, 2.75) is 59.8 Å². The van der Waals surface area contributed by atoms with E-state index in [4.69, 9.17) is 9.98 Å². The first-order valence-corrected chi connectivity index (χ1v) is 15.6. The summed E-state index contributed by atoms with van der Waals surface area (Å²) >= 11 is 0. The summed E-state index contributed by atoms with van der Waals surface area (Å²) < 4.78 is 0. The van der Waals surface area contributed by atoms with Crippen LogP contribution in [0.1, 0.15) is 92.9 Å². The van der Waals surface area contributed by atoms with E-state index in [9.17, 15) is 9.59 Å². The molecule has 8 nitrogen and oxygen atoms in total. The number of rotatable bonds is 12. The molecule has 2 N–H and O–H groups in total. The number of amides is 2. The number of pyridine rings is 2. The van der Waals surface area contributed by atoms with Gasteiger partial charge < -0.3 is 10.6 Å². The zero-order chi connectivity index (χ0) is 32.3. The van der Waals surface area contributed by atoms with Crippen molar-refractivity contribution < 1.29 is 9.59 Å². The van der Waals surface area contributed by atoms with Crippen molar-refractivity contribution >= 4 is 35.6 Å². The van der Waals surface area contributed by atoms with Crippen LogP contribution in [0.25, 0.3) is 0 Å². The first-order chi connectivity index (χ1) is 21.9. The highest BCUT2D eigenvalue weighted by molar-refractivity contribution is 6.03. The molecule has 0 fully saturated rings. The van der Waals surface area contributed by atoms with Crippen LogP contribution in [0.2, 0.25) is 0 Å². The van der Waals surface area contributed by atoms with Crippen LogP contribution in [0, 0.1) is 0 Å². The minimum absolute atomic E-state index is 0.188. The maximum atomic E-state index is 12.3. The molecule has 2 aromatic carbocycles. The van der Waals surface area contributed by atoms with Crippen molar-refractivity contribution in [2.75, 3.05) is 14.1 Å². The third-order valence-electron chi connectivity index (χ3n) is 7.91. The van der Waals surface area contributed by atoms with Gasteiger partial charge in [0.05, 0.1) is 22.5 Å². The summed E-state index contributed by atoms with van der Waals surface area (Å²) in [7, 11) is 3.22. The molecule has 4 aromatic rings. The summed E-state index contributed by atoms with van der Waals surface area (Å²) in [5, 5.41) is 5.35. The van der Waals surface area contributed by atoms with Gasteiger partial charge in [-0.15, -0.1) is 0 Å². The molecule has 45 heavy (non-hydrogen) atoms. The van der Waals surface area contributed by atoms with Crippen LogP contribution in [0.4, 0.5) is 11.4 Å². The van der Waals surface area contributed by atoms with Crippen LogP contribution in [-0.2, 0) is 32.1 Å². The summed E-state index contributed by atoms with van der Waals surface area (Å²) in [6, 6.07) is 12.6. The Morgan fingerprint density at radius 3 is 1.31 bits per heavy atom. The number of aliphatic imine (C=N–C) groups is 2. The van der Waals surface area contributed by atoms with E-state index in [0.717, 1.165) is 54.6 Å². The first-order valence-electron chi connectivity index (χ1n) is 15.6. The fourth-order valence-electron chi connectivity index (χ4n) is 5.47. The number of carbonyl (C=O) groups excluding carboxylic acids is 2. The Kier molecular flexibility index (Phi) is 11.5. The molecule has 4 rings (SSSR count). The smallest absolute Gasteiger partial charge is 0.253 e. The lowest BCUT2D eigenvalue weighted by molar-refractivity contribution is 0.0954. The highest BCUT2D eigenvalue weighted by Gasteiger charge is 2.14. The number of aryl methyl sites for hydroxylation is 4. The third-order valence-corrected chi connectivity index (χ3v) is 7.91. The molecule has 0 radical (unpaired) electrons. The molecule has 0 aliphatic carbocycles. The Bertz CT molecular complexity index is 1560. The number of benzene rings is 2. The fourth-order valence-corrected chi connectivity index (χ4v) is 5.47. The summed E-state index contributed by atoms with van der Waals surface area (Å²) in [6.45, 7) is 8.59. The number of aromatic nitrogens is 2. The quantitative estimate of drug-likeness (QED) is 0.180. The van der Waals surface area contributed by atoms with Gasteiger partial charge in [0.1, 0.15) is 0 Å². The molecule has 2 heterocycles. The Balaban J connectivity index is 1.67. The molecular weight excluding hydrogens is 560 g/mol. The molecule has 0 atom stereocenters. The van der Waals surface area contributed by atoms with Crippen molar-refractivity contribution in [3.05, 3.63) is 117 Å². The van der Waals surface area contributed by atoms with Gasteiger partial charge >= 0.3 is 0 Å². The van der Waals surface area contributed by atoms with Crippen LogP contribution in [0.5, 0.6) is 0 Å². The number of nitrogens with zero attached hydrogens (tertiary/aromatic N) is 4. The second-order valence-electron chi connectivity index (χ2n) is 10.7. The fraction of sp³-hybridized carbons (Fsp3) is 0.297. The topological polar surface area (TPSA) is 109 Å². The number of hydrogen-bond donors (Lipinski definition) is 2. The van der Waals surface area contributed by atoms with E-state index in [0.29, 0.717) is 11.1 Å². The zero-order valence-corrected chi connectivity index (χ0v) is 27.1. The predicted octanol–water partition coefficient (Wildman–Crippen LogP) is 6.54. The van der Waals surface area contributed by atoms with Gasteiger partial charge in [-0.25, -0.2) is 0 Å². The molecule has 0 saturated carbocycles. The van der Waals surface area contributed by atoms with Crippen LogP contribution >= 0.6 is 0 Å². The lowest BCUT2D eigenvalue weighted by Crippen LogP contribution is -2.19.